The molecule has 2 aromatic rings. The number of aromatic hydroxyl groups is 1. The lowest BCUT2D eigenvalue weighted by Gasteiger charge is -2.10. The maximum Gasteiger partial charge on any atom is 0.153 e. The summed E-state index contributed by atoms with van der Waals surface area (Å²) in [4.78, 5) is 21.4. The molecule has 1 heterocycles. The van der Waals surface area contributed by atoms with E-state index in [2.05, 4.69) is 0 Å². The van der Waals surface area contributed by atoms with E-state index in [0.29, 0.717) is 17.4 Å². The number of phenolic OH excluding ortho intramolecular Hbond substituents is 1. The van der Waals surface area contributed by atoms with Gasteiger partial charge in [0.2, 0.25) is 0 Å². The standard InChI is InChI=1S/C14H12O5/c15-7-12-6-11(10-3-4-19-8-10)5-9(14(12)18)1-2-13(16)17/h3-8,18H,1-2H2,(H,16,17)/p-1. The average Bonchev–Trinajstić information content (AvgIpc) is 2.91. The zero-order chi connectivity index (χ0) is 13.8. The maximum absolute atomic E-state index is 10.9. The molecule has 19 heavy (non-hydrogen) atoms. The molecule has 0 saturated heterocycles. The second-order valence-corrected chi connectivity index (χ2v) is 4.08. The molecule has 2 rings (SSSR count). The molecule has 5 heteroatoms. The molecule has 0 radical (unpaired) electrons. The number of phenols is 1. The molecule has 0 amide bonds. The van der Waals surface area contributed by atoms with Crippen LogP contribution < -0.4 is 5.11 Å². The summed E-state index contributed by atoms with van der Waals surface area (Å²) in [6.07, 6.45) is 3.40. The number of benzene rings is 1. The van der Waals surface area contributed by atoms with E-state index in [9.17, 15) is 19.8 Å². The van der Waals surface area contributed by atoms with Crippen LogP contribution in [-0.4, -0.2) is 17.4 Å². The molecule has 98 valence electrons. The van der Waals surface area contributed by atoms with Gasteiger partial charge in [0, 0.05) is 11.5 Å². The largest absolute Gasteiger partial charge is 0.550 e. The number of furan rings is 1. The van der Waals surface area contributed by atoms with E-state index >= 15 is 0 Å². The topological polar surface area (TPSA) is 90.6 Å². The van der Waals surface area contributed by atoms with Gasteiger partial charge in [-0.3, -0.25) is 4.79 Å². The first-order chi connectivity index (χ1) is 9.11. The first-order valence-electron chi connectivity index (χ1n) is 5.65. The van der Waals surface area contributed by atoms with Crippen LogP contribution in [0.5, 0.6) is 5.75 Å². The fourth-order valence-corrected chi connectivity index (χ4v) is 1.83. The number of carbonyl (C=O) groups excluding carboxylic acids is 2. The Balaban J connectivity index is 2.44. The van der Waals surface area contributed by atoms with E-state index in [0.717, 1.165) is 5.56 Å². The lowest BCUT2D eigenvalue weighted by molar-refractivity contribution is -0.305. The van der Waals surface area contributed by atoms with Crippen molar-refractivity contribution in [3.63, 3.8) is 0 Å². The van der Waals surface area contributed by atoms with Crippen LogP contribution >= 0.6 is 0 Å². The molecule has 1 aromatic carbocycles. The van der Waals surface area contributed by atoms with Gasteiger partial charge >= 0.3 is 0 Å². The molecule has 0 aliphatic heterocycles. The van der Waals surface area contributed by atoms with Crippen molar-refractivity contribution in [2.45, 2.75) is 12.8 Å². The Morgan fingerprint density at radius 1 is 1.37 bits per heavy atom. The minimum atomic E-state index is -1.21. The summed E-state index contributed by atoms with van der Waals surface area (Å²) in [5, 5.41) is 20.3. The second-order valence-electron chi connectivity index (χ2n) is 4.08. The summed E-state index contributed by atoms with van der Waals surface area (Å²) in [6.45, 7) is 0. The molecule has 0 bridgehead atoms. The first-order valence-corrected chi connectivity index (χ1v) is 5.65. The van der Waals surface area contributed by atoms with E-state index in [1.807, 2.05) is 0 Å². The molecule has 0 aliphatic carbocycles. The number of aldehydes is 1. The smallest absolute Gasteiger partial charge is 0.153 e. The number of rotatable bonds is 5. The molecule has 0 unspecified atom stereocenters. The van der Waals surface area contributed by atoms with Gasteiger partial charge in [-0.15, -0.1) is 0 Å². The second kappa shape index (κ2) is 5.39. The van der Waals surface area contributed by atoms with E-state index in [-0.39, 0.29) is 24.2 Å². The van der Waals surface area contributed by atoms with Crippen molar-refractivity contribution in [2.75, 3.05) is 0 Å². The van der Waals surface area contributed by atoms with Crippen molar-refractivity contribution < 1.29 is 24.2 Å². The highest BCUT2D eigenvalue weighted by Crippen LogP contribution is 2.30. The van der Waals surface area contributed by atoms with Gasteiger partial charge in [-0.2, -0.15) is 0 Å². The minimum Gasteiger partial charge on any atom is -0.550 e. The van der Waals surface area contributed by atoms with Crippen LogP contribution in [0.1, 0.15) is 22.3 Å². The van der Waals surface area contributed by atoms with E-state index in [4.69, 9.17) is 4.42 Å². The van der Waals surface area contributed by atoms with Gasteiger partial charge in [-0.25, -0.2) is 0 Å². The third kappa shape index (κ3) is 2.82. The number of aryl methyl sites for hydroxylation is 1. The molecule has 5 nitrogen and oxygen atoms in total. The van der Waals surface area contributed by atoms with Crippen LogP contribution in [0.15, 0.2) is 35.1 Å². The number of carboxylic acid groups (broad SMARTS) is 1. The molecule has 0 aliphatic rings. The van der Waals surface area contributed by atoms with Gasteiger partial charge in [0.05, 0.1) is 18.1 Å². The van der Waals surface area contributed by atoms with Crippen molar-refractivity contribution in [2.24, 2.45) is 0 Å². The van der Waals surface area contributed by atoms with E-state index < -0.39 is 5.97 Å². The van der Waals surface area contributed by atoms with Crippen molar-refractivity contribution in [1.82, 2.24) is 0 Å². The molecule has 1 N–H and O–H groups in total. The third-order valence-electron chi connectivity index (χ3n) is 2.80. The number of carbonyl (C=O) groups is 2. The predicted octanol–water partition coefficient (Wildman–Crippen LogP) is 1.15. The highest BCUT2D eigenvalue weighted by Gasteiger charge is 2.11. The molecule has 0 fully saturated rings. The fourth-order valence-electron chi connectivity index (χ4n) is 1.83. The molecular weight excluding hydrogens is 248 g/mol. The summed E-state index contributed by atoms with van der Waals surface area (Å²) < 4.78 is 4.96. The summed E-state index contributed by atoms with van der Waals surface area (Å²) in [5.41, 5.74) is 1.94. The van der Waals surface area contributed by atoms with Gasteiger partial charge in [-0.1, -0.05) is 0 Å². The highest BCUT2D eigenvalue weighted by atomic mass is 16.4. The Morgan fingerprint density at radius 2 is 2.16 bits per heavy atom. The third-order valence-corrected chi connectivity index (χ3v) is 2.80. The van der Waals surface area contributed by atoms with Gasteiger partial charge in [-0.05, 0) is 42.2 Å². The van der Waals surface area contributed by atoms with Crippen LogP contribution in [0.2, 0.25) is 0 Å². The quantitative estimate of drug-likeness (QED) is 0.813. The predicted molar refractivity (Wildman–Crippen MR) is 64.5 cm³/mol. The average molecular weight is 259 g/mol. The molecular formula is C14H11O5-. The number of hydrogen-bond donors (Lipinski definition) is 1. The van der Waals surface area contributed by atoms with Gasteiger partial charge in [0.1, 0.15) is 5.75 Å². The summed E-state index contributed by atoms with van der Waals surface area (Å²) in [5.74, 6) is -1.40. The normalized spacial score (nSPS) is 10.3. The van der Waals surface area contributed by atoms with Crippen molar-refractivity contribution in [1.29, 1.82) is 0 Å². The first kappa shape index (κ1) is 12.9. The van der Waals surface area contributed by atoms with Crippen LogP contribution in [0.4, 0.5) is 0 Å². The van der Waals surface area contributed by atoms with E-state index in [1.54, 1.807) is 12.1 Å². The molecule has 0 spiro atoms. The van der Waals surface area contributed by atoms with Crippen molar-refractivity contribution in [3.05, 3.63) is 41.9 Å². The van der Waals surface area contributed by atoms with Crippen LogP contribution in [0.25, 0.3) is 11.1 Å². The van der Waals surface area contributed by atoms with Crippen molar-refractivity contribution in [3.8, 4) is 16.9 Å². The van der Waals surface area contributed by atoms with Crippen LogP contribution in [-0.2, 0) is 11.2 Å². The Labute approximate surface area is 109 Å². The van der Waals surface area contributed by atoms with Crippen molar-refractivity contribution >= 4 is 12.3 Å². The fraction of sp³-hybridized carbons (Fsp3) is 0.143. The van der Waals surface area contributed by atoms with Crippen LogP contribution in [0.3, 0.4) is 0 Å². The number of hydrogen-bond acceptors (Lipinski definition) is 5. The monoisotopic (exact) mass is 259 g/mol. The van der Waals surface area contributed by atoms with E-state index in [1.165, 1.54) is 18.6 Å². The van der Waals surface area contributed by atoms with Gasteiger partial charge in [0.25, 0.3) is 0 Å². The Bertz CT molecular complexity index is 599. The maximum atomic E-state index is 10.9. The molecule has 1 aromatic heterocycles. The SMILES string of the molecule is O=Cc1cc(-c2ccoc2)cc(CCC(=O)[O-])c1O. The summed E-state index contributed by atoms with van der Waals surface area (Å²) >= 11 is 0. The van der Waals surface area contributed by atoms with Gasteiger partial charge in [0.15, 0.2) is 6.29 Å². The zero-order valence-electron chi connectivity index (χ0n) is 9.96. The summed E-state index contributed by atoms with van der Waals surface area (Å²) in [6, 6.07) is 4.87. The summed E-state index contributed by atoms with van der Waals surface area (Å²) in [7, 11) is 0. The molecule has 0 saturated carbocycles. The lowest BCUT2D eigenvalue weighted by atomic mass is 9.98. The number of carboxylic acids is 1. The Hall–Kier alpha value is -2.56. The zero-order valence-corrected chi connectivity index (χ0v) is 9.96. The Morgan fingerprint density at radius 3 is 2.74 bits per heavy atom. The minimum absolute atomic E-state index is 0.0979. The number of aliphatic carboxylic acids is 1. The van der Waals surface area contributed by atoms with Gasteiger partial charge < -0.3 is 19.4 Å². The van der Waals surface area contributed by atoms with Crippen LogP contribution in [0, 0.1) is 0 Å². The molecule has 0 atom stereocenters. The highest BCUT2D eigenvalue weighted by molar-refractivity contribution is 5.84. The Kier molecular flexibility index (Phi) is 3.66. The lowest BCUT2D eigenvalue weighted by Crippen LogP contribution is -2.22.